The summed E-state index contributed by atoms with van der Waals surface area (Å²) in [6.07, 6.45) is 0.893. The molecule has 0 saturated carbocycles. The standard InChI is InChI=1S/C27H26BrCl2N3O4/c28-22-5-2-1-4-20(22)15-27(26(35)33-31-16-18-6-11-23(29)24(30)14-18)17-37-25(32-27)19-7-9-21(10-8-19)36-13-3-12-34/h1-2,4-11,14,31,34H,3,12-13,15-17H2,(H,33,35)/t27-/m0/s1. The summed E-state index contributed by atoms with van der Waals surface area (Å²) in [4.78, 5) is 18.3. The van der Waals surface area contributed by atoms with Crippen molar-refractivity contribution in [2.45, 2.75) is 24.9 Å². The molecule has 3 aromatic rings. The Balaban J connectivity index is 1.52. The second-order valence-electron chi connectivity index (χ2n) is 8.51. The predicted molar refractivity (Wildman–Crippen MR) is 148 cm³/mol. The molecule has 0 unspecified atom stereocenters. The highest BCUT2D eigenvalue weighted by atomic mass is 79.9. The average molecular weight is 607 g/mol. The van der Waals surface area contributed by atoms with Crippen molar-refractivity contribution in [1.29, 1.82) is 0 Å². The number of aliphatic hydroxyl groups is 1. The summed E-state index contributed by atoms with van der Waals surface area (Å²) in [5.74, 6) is 0.746. The molecule has 0 bridgehead atoms. The molecule has 3 aromatic carbocycles. The molecule has 37 heavy (non-hydrogen) atoms. The van der Waals surface area contributed by atoms with Crippen molar-refractivity contribution in [3.63, 3.8) is 0 Å². The SMILES string of the molecule is O=C(NNCc1ccc(Cl)c(Cl)c1)[C@]1(Cc2ccccc2Br)COC(c2ccc(OCCCO)cc2)=N1. The molecule has 0 saturated heterocycles. The maximum Gasteiger partial charge on any atom is 0.266 e. The van der Waals surface area contributed by atoms with Crippen LogP contribution in [0.2, 0.25) is 10.0 Å². The van der Waals surface area contributed by atoms with Gasteiger partial charge in [0.1, 0.15) is 12.4 Å². The van der Waals surface area contributed by atoms with Crippen molar-refractivity contribution >= 4 is 50.9 Å². The van der Waals surface area contributed by atoms with E-state index in [2.05, 4.69) is 26.8 Å². The first kappa shape index (κ1) is 27.4. The number of nitrogens with one attached hydrogen (secondary N) is 2. The number of aliphatic hydroxyl groups excluding tert-OH is 1. The van der Waals surface area contributed by atoms with Crippen LogP contribution in [0.15, 0.2) is 76.2 Å². The highest BCUT2D eigenvalue weighted by Crippen LogP contribution is 2.30. The maximum atomic E-state index is 13.5. The fourth-order valence-electron chi connectivity index (χ4n) is 3.78. The molecule has 1 heterocycles. The van der Waals surface area contributed by atoms with E-state index in [9.17, 15) is 4.79 Å². The number of rotatable bonds is 11. The third kappa shape index (κ3) is 7.03. The van der Waals surface area contributed by atoms with Crippen molar-refractivity contribution < 1.29 is 19.4 Å². The number of ether oxygens (including phenoxy) is 2. The maximum absolute atomic E-state index is 13.5. The molecule has 0 fully saturated rings. The molecule has 1 amide bonds. The molecular formula is C27H26BrCl2N3O4. The normalized spacial score (nSPS) is 16.7. The fraction of sp³-hybridized carbons (Fsp3) is 0.259. The van der Waals surface area contributed by atoms with E-state index in [0.717, 1.165) is 21.2 Å². The lowest BCUT2D eigenvalue weighted by atomic mass is 9.91. The lowest BCUT2D eigenvalue weighted by molar-refractivity contribution is -0.127. The van der Waals surface area contributed by atoms with Crippen molar-refractivity contribution in [1.82, 2.24) is 10.9 Å². The van der Waals surface area contributed by atoms with Gasteiger partial charge in [-0.1, -0.05) is 63.4 Å². The minimum Gasteiger partial charge on any atom is -0.494 e. The summed E-state index contributed by atoms with van der Waals surface area (Å²) < 4.78 is 12.4. The van der Waals surface area contributed by atoms with Gasteiger partial charge in [0, 0.05) is 36.0 Å². The van der Waals surface area contributed by atoms with E-state index in [1.54, 1.807) is 12.1 Å². The van der Waals surface area contributed by atoms with Crippen molar-refractivity contribution in [2.24, 2.45) is 4.99 Å². The molecule has 3 N–H and O–H groups in total. The van der Waals surface area contributed by atoms with E-state index in [4.69, 9.17) is 42.8 Å². The number of hydrogen-bond donors (Lipinski definition) is 3. The first-order chi connectivity index (χ1) is 17.9. The third-order valence-corrected chi connectivity index (χ3v) is 7.29. The molecule has 194 valence electrons. The zero-order valence-electron chi connectivity index (χ0n) is 19.8. The molecule has 0 radical (unpaired) electrons. The Hall–Kier alpha value is -2.62. The van der Waals surface area contributed by atoms with E-state index in [-0.39, 0.29) is 19.1 Å². The highest BCUT2D eigenvalue weighted by Gasteiger charge is 2.45. The van der Waals surface area contributed by atoms with Crippen LogP contribution in [-0.4, -0.2) is 42.3 Å². The van der Waals surface area contributed by atoms with Crippen LogP contribution in [0.25, 0.3) is 0 Å². The van der Waals surface area contributed by atoms with E-state index < -0.39 is 5.54 Å². The van der Waals surface area contributed by atoms with Crippen molar-refractivity contribution in [3.8, 4) is 5.75 Å². The number of amides is 1. The Bertz CT molecular complexity index is 1270. The Morgan fingerprint density at radius 1 is 1.11 bits per heavy atom. The quantitative estimate of drug-likeness (QED) is 0.209. The summed E-state index contributed by atoms with van der Waals surface area (Å²) in [5.41, 5.74) is 7.11. The summed E-state index contributed by atoms with van der Waals surface area (Å²) in [6, 6.07) is 20.3. The molecule has 10 heteroatoms. The summed E-state index contributed by atoms with van der Waals surface area (Å²) in [6.45, 7) is 0.937. The largest absolute Gasteiger partial charge is 0.494 e. The lowest BCUT2D eigenvalue weighted by Crippen LogP contribution is -2.52. The predicted octanol–water partition coefficient (Wildman–Crippen LogP) is 5.10. The number of carbonyl (C=O) groups excluding carboxylic acids is 1. The molecular weight excluding hydrogens is 581 g/mol. The second-order valence-corrected chi connectivity index (χ2v) is 10.2. The van der Waals surface area contributed by atoms with Crippen LogP contribution in [0.4, 0.5) is 0 Å². The van der Waals surface area contributed by atoms with Crippen molar-refractivity contribution in [3.05, 3.63) is 97.9 Å². The number of halogens is 3. The van der Waals surface area contributed by atoms with Crippen LogP contribution in [0.1, 0.15) is 23.1 Å². The first-order valence-corrected chi connectivity index (χ1v) is 13.2. The number of hydrogen-bond acceptors (Lipinski definition) is 6. The first-order valence-electron chi connectivity index (χ1n) is 11.7. The average Bonchev–Trinajstić information content (AvgIpc) is 3.33. The Labute approximate surface area is 233 Å². The van der Waals surface area contributed by atoms with E-state index in [1.807, 2.05) is 54.6 Å². The van der Waals surface area contributed by atoms with Gasteiger partial charge in [0.25, 0.3) is 5.91 Å². The zero-order chi connectivity index (χ0) is 26.3. The molecule has 1 atom stereocenters. The van der Waals surface area contributed by atoms with Crippen LogP contribution < -0.4 is 15.6 Å². The summed E-state index contributed by atoms with van der Waals surface area (Å²) >= 11 is 15.7. The zero-order valence-corrected chi connectivity index (χ0v) is 22.9. The van der Waals surface area contributed by atoms with Gasteiger partial charge in [-0.2, -0.15) is 0 Å². The van der Waals surface area contributed by atoms with Gasteiger partial charge < -0.3 is 14.6 Å². The van der Waals surface area contributed by atoms with Gasteiger partial charge in [0.15, 0.2) is 5.54 Å². The van der Waals surface area contributed by atoms with Crippen LogP contribution in [-0.2, 0) is 22.5 Å². The molecule has 4 rings (SSSR count). The molecule has 0 spiro atoms. The van der Waals surface area contributed by atoms with E-state index >= 15 is 0 Å². The molecule has 1 aliphatic heterocycles. The number of hydrazine groups is 1. The van der Waals surface area contributed by atoms with Gasteiger partial charge in [-0.05, 0) is 53.6 Å². The Morgan fingerprint density at radius 3 is 2.62 bits per heavy atom. The molecule has 1 aliphatic rings. The third-order valence-electron chi connectivity index (χ3n) is 5.78. The smallest absolute Gasteiger partial charge is 0.266 e. The summed E-state index contributed by atoms with van der Waals surface area (Å²) in [7, 11) is 0. The minimum atomic E-state index is -1.18. The number of benzene rings is 3. The summed E-state index contributed by atoms with van der Waals surface area (Å²) in [5, 5.41) is 9.83. The van der Waals surface area contributed by atoms with Gasteiger partial charge >= 0.3 is 0 Å². The molecule has 7 nitrogen and oxygen atoms in total. The molecule has 0 aromatic heterocycles. The van der Waals surface area contributed by atoms with Gasteiger partial charge in [0.2, 0.25) is 5.90 Å². The van der Waals surface area contributed by atoms with Gasteiger partial charge in [-0.15, -0.1) is 0 Å². The van der Waals surface area contributed by atoms with E-state index in [0.29, 0.717) is 47.7 Å². The van der Waals surface area contributed by atoms with Gasteiger partial charge in [0.05, 0.1) is 16.7 Å². The van der Waals surface area contributed by atoms with Crippen LogP contribution in [0.5, 0.6) is 5.75 Å². The highest BCUT2D eigenvalue weighted by molar-refractivity contribution is 9.10. The second kappa shape index (κ2) is 12.8. The number of nitrogens with zero attached hydrogens (tertiary/aromatic N) is 1. The van der Waals surface area contributed by atoms with Crippen LogP contribution in [0.3, 0.4) is 0 Å². The van der Waals surface area contributed by atoms with E-state index in [1.165, 1.54) is 0 Å². The van der Waals surface area contributed by atoms with Gasteiger partial charge in [-0.3, -0.25) is 10.2 Å². The van der Waals surface area contributed by atoms with Gasteiger partial charge in [-0.25, -0.2) is 10.4 Å². The molecule has 0 aliphatic carbocycles. The Morgan fingerprint density at radius 2 is 1.89 bits per heavy atom. The monoisotopic (exact) mass is 605 g/mol. The Kier molecular flexibility index (Phi) is 9.45. The fourth-order valence-corrected chi connectivity index (χ4v) is 4.52. The van der Waals surface area contributed by atoms with Crippen LogP contribution in [0, 0.1) is 0 Å². The van der Waals surface area contributed by atoms with Crippen LogP contribution >= 0.6 is 39.1 Å². The topological polar surface area (TPSA) is 92.2 Å². The lowest BCUT2D eigenvalue weighted by Gasteiger charge is -2.24. The number of aliphatic imine (C=N–C) groups is 1. The number of carbonyl (C=O) groups is 1. The van der Waals surface area contributed by atoms with Crippen molar-refractivity contribution in [2.75, 3.05) is 19.8 Å². The minimum absolute atomic E-state index is 0.0761.